The maximum absolute atomic E-state index is 13.1. The average molecular weight is 471 g/mol. The van der Waals surface area contributed by atoms with E-state index in [1.807, 2.05) is 48.7 Å². The van der Waals surface area contributed by atoms with Gasteiger partial charge in [-0.1, -0.05) is 18.2 Å². The van der Waals surface area contributed by atoms with Gasteiger partial charge in [0.1, 0.15) is 28.7 Å². The van der Waals surface area contributed by atoms with Crippen LogP contribution in [0.25, 0.3) is 23.0 Å². The van der Waals surface area contributed by atoms with Crippen molar-refractivity contribution in [2.45, 2.75) is 0 Å². The van der Waals surface area contributed by atoms with Crippen LogP contribution in [-0.2, 0) is 0 Å². The van der Waals surface area contributed by atoms with Crippen LogP contribution in [-0.4, -0.2) is 44.0 Å². The predicted molar refractivity (Wildman–Crippen MR) is 135 cm³/mol. The summed E-state index contributed by atoms with van der Waals surface area (Å²) >= 11 is 0. The topological polar surface area (TPSA) is 71.8 Å². The fraction of sp³-hybridized carbons (Fsp3) is 0.143. The molecule has 0 saturated heterocycles. The lowest BCUT2D eigenvalue weighted by Gasteiger charge is -2.09. The number of carbonyl (C=O) groups is 1. The molecule has 0 saturated carbocycles. The summed E-state index contributed by atoms with van der Waals surface area (Å²) in [4.78, 5) is 13.1. The summed E-state index contributed by atoms with van der Waals surface area (Å²) in [7, 11) is 6.29. The highest BCUT2D eigenvalue weighted by atomic mass is 16.5. The molecule has 0 bridgehead atoms. The van der Waals surface area contributed by atoms with Gasteiger partial charge in [-0.05, 0) is 48.6 Å². The summed E-state index contributed by atoms with van der Waals surface area (Å²) < 4.78 is 23.3. The molecule has 0 unspecified atom stereocenters. The SMILES string of the molecule is COc1ccc(C(=O)/C=C/c2cn(-c3ccccc3)nc2-c2ccc(OC)cc2OC)c(OC)c1. The first-order valence-electron chi connectivity index (χ1n) is 10.9. The zero-order valence-electron chi connectivity index (χ0n) is 20.0. The quantitative estimate of drug-likeness (QED) is 0.239. The lowest BCUT2D eigenvalue weighted by molar-refractivity contribution is 0.104. The van der Waals surface area contributed by atoms with Gasteiger partial charge in [0.25, 0.3) is 0 Å². The third kappa shape index (κ3) is 5.04. The molecule has 3 aromatic carbocycles. The minimum atomic E-state index is -0.204. The van der Waals surface area contributed by atoms with Gasteiger partial charge >= 0.3 is 0 Å². The number of rotatable bonds is 9. The molecular weight excluding hydrogens is 444 g/mol. The molecule has 0 aliphatic heterocycles. The number of nitrogens with zero attached hydrogens (tertiary/aromatic N) is 2. The van der Waals surface area contributed by atoms with Gasteiger partial charge < -0.3 is 18.9 Å². The lowest BCUT2D eigenvalue weighted by Crippen LogP contribution is -1.99. The molecule has 0 amide bonds. The van der Waals surface area contributed by atoms with E-state index in [-0.39, 0.29) is 5.78 Å². The van der Waals surface area contributed by atoms with Gasteiger partial charge in [-0.15, -0.1) is 0 Å². The van der Waals surface area contributed by atoms with Crippen LogP contribution in [0.4, 0.5) is 0 Å². The molecule has 0 aliphatic rings. The third-order valence-corrected chi connectivity index (χ3v) is 5.52. The molecule has 0 N–H and O–H groups in total. The summed E-state index contributed by atoms with van der Waals surface area (Å²) in [6.07, 6.45) is 5.14. The maximum Gasteiger partial charge on any atom is 0.189 e. The standard InChI is InChI=1S/C28H26N2O5/c1-32-21-11-13-23(26(16-21)34-3)25(31)15-10-19-18-30(20-8-6-5-7-9-20)29-28(19)24-14-12-22(33-2)17-27(24)35-4/h5-18H,1-4H3/b15-10+. The van der Waals surface area contributed by atoms with Gasteiger partial charge in [-0.2, -0.15) is 5.10 Å². The minimum absolute atomic E-state index is 0.204. The van der Waals surface area contributed by atoms with Crippen LogP contribution in [0.5, 0.6) is 23.0 Å². The number of hydrogen-bond acceptors (Lipinski definition) is 6. The van der Waals surface area contributed by atoms with Crippen LogP contribution in [0.1, 0.15) is 15.9 Å². The Balaban J connectivity index is 1.78. The monoisotopic (exact) mass is 470 g/mol. The van der Waals surface area contributed by atoms with Crippen molar-refractivity contribution in [2.75, 3.05) is 28.4 Å². The van der Waals surface area contributed by atoms with E-state index < -0.39 is 0 Å². The summed E-state index contributed by atoms with van der Waals surface area (Å²) in [5.74, 6) is 2.13. The molecule has 7 heteroatoms. The second-order valence-electron chi connectivity index (χ2n) is 7.54. The summed E-state index contributed by atoms with van der Waals surface area (Å²) in [5.41, 5.74) is 3.52. The first-order chi connectivity index (χ1) is 17.1. The molecule has 0 atom stereocenters. The normalized spacial score (nSPS) is 10.9. The Morgan fingerprint density at radius 1 is 0.800 bits per heavy atom. The van der Waals surface area contributed by atoms with E-state index in [0.717, 1.165) is 16.8 Å². The molecule has 7 nitrogen and oxygen atoms in total. The Morgan fingerprint density at radius 3 is 2.11 bits per heavy atom. The van der Waals surface area contributed by atoms with Crippen LogP contribution in [0, 0.1) is 0 Å². The molecule has 0 aliphatic carbocycles. The second kappa shape index (κ2) is 10.6. The molecule has 0 spiro atoms. The number of ether oxygens (including phenoxy) is 4. The molecule has 0 fully saturated rings. The molecule has 35 heavy (non-hydrogen) atoms. The number of carbonyl (C=O) groups excluding carboxylic acids is 1. The van der Waals surface area contributed by atoms with Crippen molar-refractivity contribution in [1.29, 1.82) is 0 Å². The fourth-order valence-electron chi connectivity index (χ4n) is 3.68. The molecule has 1 heterocycles. The van der Waals surface area contributed by atoms with Crippen molar-refractivity contribution < 1.29 is 23.7 Å². The third-order valence-electron chi connectivity index (χ3n) is 5.52. The Bertz CT molecular complexity index is 1360. The molecule has 4 rings (SSSR count). The van der Waals surface area contributed by atoms with Crippen LogP contribution in [0.2, 0.25) is 0 Å². The van der Waals surface area contributed by atoms with Gasteiger partial charge in [0, 0.05) is 29.5 Å². The highest BCUT2D eigenvalue weighted by Gasteiger charge is 2.17. The number of aromatic nitrogens is 2. The zero-order chi connectivity index (χ0) is 24.8. The van der Waals surface area contributed by atoms with Crippen molar-refractivity contribution in [2.24, 2.45) is 0 Å². The van der Waals surface area contributed by atoms with Crippen LogP contribution < -0.4 is 18.9 Å². The highest BCUT2D eigenvalue weighted by molar-refractivity contribution is 6.09. The molecule has 0 radical (unpaired) electrons. The van der Waals surface area contributed by atoms with Gasteiger partial charge in [0.2, 0.25) is 0 Å². The lowest BCUT2D eigenvalue weighted by atomic mass is 10.0. The Hall–Kier alpha value is -4.52. The number of ketones is 1. The van der Waals surface area contributed by atoms with Gasteiger partial charge in [-0.3, -0.25) is 4.79 Å². The van der Waals surface area contributed by atoms with E-state index in [4.69, 9.17) is 24.0 Å². The van der Waals surface area contributed by atoms with E-state index >= 15 is 0 Å². The van der Waals surface area contributed by atoms with E-state index in [9.17, 15) is 4.79 Å². The van der Waals surface area contributed by atoms with Crippen molar-refractivity contribution in [3.63, 3.8) is 0 Å². The van der Waals surface area contributed by atoms with E-state index in [1.54, 1.807) is 56.4 Å². The average Bonchev–Trinajstić information content (AvgIpc) is 3.35. The Labute approximate surface area is 204 Å². The first-order valence-corrected chi connectivity index (χ1v) is 10.9. The minimum Gasteiger partial charge on any atom is -0.497 e. The largest absolute Gasteiger partial charge is 0.497 e. The summed E-state index contributed by atoms with van der Waals surface area (Å²) in [5, 5.41) is 4.81. The smallest absolute Gasteiger partial charge is 0.189 e. The summed E-state index contributed by atoms with van der Waals surface area (Å²) in [6.45, 7) is 0. The zero-order valence-corrected chi connectivity index (χ0v) is 20.0. The summed E-state index contributed by atoms with van der Waals surface area (Å²) in [6, 6.07) is 20.4. The second-order valence-corrected chi connectivity index (χ2v) is 7.54. The first kappa shape index (κ1) is 23.6. The van der Waals surface area contributed by atoms with E-state index in [1.165, 1.54) is 13.2 Å². The predicted octanol–water partition coefficient (Wildman–Crippen LogP) is 5.47. The van der Waals surface area contributed by atoms with E-state index in [0.29, 0.717) is 34.3 Å². The van der Waals surface area contributed by atoms with Crippen molar-refractivity contribution in [1.82, 2.24) is 9.78 Å². The number of benzene rings is 3. The number of allylic oxidation sites excluding steroid dienone is 1. The molecular formula is C28H26N2O5. The highest BCUT2D eigenvalue weighted by Crippen LogP contribution is 2.35. The Morgan fingerprint density at radius 2 is 1.46 bits per heavy atom. The fourth-order valence-corrected chi connectivity index (χ4v) is 3.68. The van der Waals surface area contributed by atoms with Crippen molar-refractivity contribution in [3.05, 3.63) is 90.1 Å². The van der Waals surface area contributed by atoms with Crippen LogP contribution in [0.15, 0.2) is 79.0 Å². The van der Waals surface area contributed by atoms with Gasteiger partial charge in [-0.25, -0.2) is 4.68 Å². The van der Waals surface area contributed by atoms with Crippen LogP contribution in [0.3, 0.4) is 0 Å². The van der Waals surface area contributed by atoms with Crippen molar-refractivity contribution >= 4 is 11.9 Å². The molecule has 4 aromatic rings. The molecule has 178 valence electrons. The van der Waals surface area contributed by atoms with Crippen molar-refractivity contribution in [3.8, 4) is 39.9 Å². The van der Waals surface area contributed by atoms with Gasteiger partial charge in [0.15, 0.2) is 5.78 Å². The number of methoxy groups -OCH3 is 4. The van der Waals surface area contributed by atoms with E-state index in [2.05, 4.69) is 0 Å². The molecule has 1 aromatic heterocycles. The number of hydrogen-bond donors (Lipinski definition) is 0. The van der Waals surface area contributed by atoms with Gasteiger partial charge in [0.05, 0.1) is 39.7 Å². The Kier molecular flexibility index (Phi) is 7.16. The maximum atomic E-state index is 13.1. The number of para-hydroxylation sites is 1. The van der Waals surface area contributed by atoms with Crippen LogP contribution >= 0.6 is 0 Å².